The van der Waals surface area contributed by atoms with Crippen molar-refractivity contribution in [1.29, 1.82) is 0 Å². The number of carbonyl (C=O) groups is 3. The Hall–Kier alpha value is -3.35. The number of fused-ring (bicyclic) bond motifs is 3. The Morgan fingerprint density at radius 1 is 0.971 bits per heavy atom. The molecule has 0 radical (unpaired) electrons. The molecule has 35 heavy (non-hydrogen) atoms. The quantitative estimate of drug-likeness (QED) is 0.421. The standard InChI is InChI=1S/C28H34N2O5/c1-19(27(32)33)30(20-15-16-20)26(31)14-4-2-3-9-17-29-28(34)35-18-25-23-12-7-5-10-21(23)22-11-6-8-13-24(22)25/h5-8,10-13,19-20,25H,2-4,9,14-18H2,1H3,(H,29,34)(H,32,33). The first-order valence-corrected chi connectivity index (χ1v) is 12.6. The molecule has 2 amide bonds. The first kappa shape index (κ1) is 24.8. The molecule has 2 aromatic rings. The summed E-state index contributed by atoms with van der Waals surface area (Å²) in [6, 6.07) is 15.8. The molecule has 1 fully saturated rings. The van der Waals surface area contributed by atoms with E-state index in [0.717, 1.165) is 38.5 Å². The summed E-state index contributed by atoms with van der Waals surface area (Å²) in [7, 11) is 0. The Kier molecular flexibility index (Phi) is 8.06. The highest BCUT2D eigenvalue weighted by Gasteiger charge is 2.37. The van der Waals surface area contributed by atoms with Crippen molar-refractivity contribution in [3.63, 3.8) is 0 Å². The Bertz CT molecular complexity index is 1020. The summed E-state index contributed by atoms with van der Waals surface area (Å²) in [5, 5.41) is 12.1. The number of hydrogen-bond donors (Lipinski definition) is 2. The van der Waals surface area contributed by atoms with Crippen molar-refractivity contribution < 1.29 is 24.2 Å². The van der Waals surface area contributed by atoms with Gasteiger partial charge in [-0.1, -0.05) is 61.4 Å². The molecule has 2 N–H and O–H groups in total. The van der Waals surface area contributed by atoms with E-state index in [1.807, 2.05) is 24.3 Å². The van der Waals surface area contributed by atoms with E-state index in [1.54, 1.807) is 11.8 Å². The third-order valence-electron chi connectivity index (χ3n) is 6.93. The smallest absolute Gasteiger partial charge is 0.407 e. The van der Waals surface area contributed by atoms with Crippen LogP contribution < -0.4 is 5.32 Å². The first-order chi connectivity index (χ1) is 17.0. The molecule has 0 saturated heterocycles. The Balaban J connectivity index is 1.12. The van der Waals surface area contributed by atoms with Crippen LogP contribution in [-0.4, -0.2) is 53.2 Å². The fourth-order valence-corrected chi connectivity index (χ4v) is 4.93. The summed E-state index contributed by atoms with van der Waals surface area (Å²) in [4.78, 5) is 37.5. The number of carboxylic acids is 1. The lowest BCUT2D eigenvalue weighted by Crippen LogP contribution is -2.44. The summed E-state index contributed by atoms with van der Waals surface area (Å²) in [6.45, 7) is 2.40. The minimum atomic E-state index is -0.954. The van der Waals surface area contributed by atoms with Crippen LogP contribution in [0, 0.1) is 0 Å². The summed E-state index contributed by atoms with van der Waals surface area (Å²) < 4.78 is 5.55. The van der Waals surface area contributed by atoms with Gasteiger partial charge in [-0.25, -0.2) is 9.59 Å². The van der Waals surface area contributed by atoms with E-state index in [0.29, 0.717) is 19.6 Å². The molecule has 2 aliphatic carbocycles. The molecule has 4 rings (SSSR count). The van der Waals surface area contributed by atoms with Gasteiger partial charge in [-0.2, -0.15) is 0 Å². The van der Waals surface area contributed by atoms with E-state index < -0.39 is 18.1 Å². The van der Waals surface area contributed by atoms with Gasteiger partial charge in [-0.05, 0) is 54.9 Å². The van der Waals surface area contributed by atoms with Crippen molar-refractivity contribution in [2.24, 2.45) is 0 Å². The molecule has 0 spiro atoms. The molecule has 7 heteroatoms. The van der Waals surface area contributed by atoms with E-state index in [9.17, 15) is 19.5 Å². The number of aliphatic carboxylic acids is 1. The first-order valence-electron chi connectivity index (χ1n) is 12.6. The number of rotatable bonds is 12. The van der Waals surface area contributed by atoms with Crippen molar-refractivity contribution in [1.82, 2.24) is 10.2 Å². The summed E-state index contributed by atoms with van der Waals surface area (Å²) in [5.41, 5.74) is 4.78. The van der Waals surface area contributed by atoms with Gasteiger partial charge in [0.2, 0.25) is 5.91 Å². The van der Waals surface area contributed by atoms with Crippen LogP contribution >= 0.6 is 0 Å². The Morgan fingerprint density at radius 3 is 2.17 bits per heavy atom. The molecule has 2 aromatic carbocycles. The Morgan fingerprint density at radius 2 is 1.57 bits per heavy atom. The van der Waals surface area contributed by atoms with Crippen LogP contribution in [0.15, 0.2) is 48.5 Å². The number of ether oxygens (including phenoxy) is 1. The lowest BCUT2D eigenvalue weighted by molar-refractivity contribution is -0.150. The van der Waals surface area contributed by atoms with Crippen molar-refractivity contribution in [3.8, 4) is 11.1 Å². The fraction of sp³-hybridized carbons (Fsp3) is 0.464. The van der Waals surface area contributed by atoms with Gasteiger partial charge < -0.3 is 20.1 Å². The molecular formula is C28H34N2O5. The van der Waals surface area contributed by atoms with Crippen LogP contribution in [0.3, 0.4) is 0 Å². The molecule has 1 unspecified atom stereocenters. The van der Waals surface area contributed by atoms with E-state index in [2.05, 4.69) is 29.6 Å². The van der Waals surface area contributed by atoms with Crippen molar-refractivity contribution >= 4 is 18.0 Å². The van der Waals surface area contributed by atoms with Gasteiger partial charge in [0, 0.05) is 24.9 Å². The highest BCUT2D eigenvalue weighted by atomic mass is 16.5. The number of unbranched alkanes of at least 4 members (excludes halogenated alkanes) is 3. The molecule has 0 aromatic heterocycles. The molecule has 186 valence electrons. The average molecular weight is 479 g/mol. The third-order valence-corrected chi connectivity index (χ3v) is 6.93. The minimum absolute atomic E-state index is 0.0461. The lowest BCUT2D eigenvalue weighted by atomic mass is 9.98. The maximum absolute atomic E-state index is 12.5. The lowest BCUT2D eigenvalue weighted by Gasteiger charge is -2.26. The molecule has 0 bridgehead atoms. The zero-order valence-electron chi connectivity index (χ0n) is 20.2. The van der Waals surface area contributed by atoms with Crippen molar-refractivity contribution in [2.75, 3.05) is 13.2 Å². The zero-order chi connectivity index (χ0) is 24.8. The van der Waals surface area contributed by atoms with Crippen molar-refractivity contribution in [2.45, 2.75) is 69.9 Å². The molecule has 0 aliphatic heterocycles. The maximum atomic E-state index is 12.5. The summed E-state index contributed by atoms with van der Waals surface area (Å²) in [6.07, 6.45) is 5.01. The predicted molar refractivity (Wildman–Crippen MR) is 133 cm³/mol. The van der Waals surface area contributed by atoms with Gasteiger partial charge in [-0.3, -0.25) is 4.79 Å². The average Bonchev–Trinajstić information content (AvgIpc) is 3.64. The second kappa shape index (κ2) is 11.4. The van der Waals surface area contributed by atoms with Crippen LogP contribution in [0.1, 0.15) is 68.9 Å². The predicted octanol–water partition coefficient (Wildman–Crippen LogP) is 4.94. The number of nitrogens with zero attached hydrogens (tertiary/aromatic N) is 1. The number of benzene rings is 2. The number of carboxylic acid groups (broad SMARTS) is 1. The molecule has 2 aliphatic rings. The van der Waals surface area contributed by atoms with Gasteiger partial charge in [0.1, 0.15) is 12.6 Å². The second-order valence-corrected chi connectivity index (χ2v) is 9.46. The molecule has 1 saturated carbocycles. The van der Waals surface area contributed by atoms with Crippen LogP contribution in [-0.2, 0) is 14.3 Å². The number of carbonyl (C=O) groups excluding carboxylic acids is 2. The topological polar surface area (TPSA) is 95.9 Å². The normalized spacial score (nSPS) is 15.1. The van der Waals surface area contributed by atoms with E-state index >= 15 is 0 Å². The highest BCUT2D eigenvalue weighted by Crippen LogP contribution is 2.44. The third kappa shape index (κ3) is 6.02. The zero-order valence-corrected chi connectivity index (χ0v) is 20.2. The van der Waals surface area contributed by atoms with Gasteiger partial charge in [-0.15, -0.1) is 0 Å². The molecule has 1 atom stereocenters. The maximum Gasteiger partial charge on any atom is 0.407 e. The van der Waals surface area contributed by atoms with E-state index in [1.165, 1.54) is 22.3 Å². The van der Waals surface area contributed by atoms with Crippen LogP contribution in [0.4, 0.5) is 4.79 Å². The largest absolute Gasteiger partial charge is 0.480 e. The van der Waals surface area contributed by atoms with Crippen LogP contribution in [0.5, 0.6) is 0 Å². The van der Waals surface area contributed by atoms with Gasteiger partial charge >= 0.3 is 12.1 Å². The van der Waals surface area contributed by atoms with Gasteiger partial charge in [0.15, 0.2) is 0 Å². The van der Waals surface area contributed by atoms with E-state index in [4.69, 9.17) is 4.74 Å². The van der Waals surface area contributed by atoms with Gasteiger partial charge in [0.05, 0.1) is 0 Å². The minimum Gasteiger partial charge on any atom is -0.480 e. The summed E-state index contributed by atoms with van der Waals surface area (Å²) >= 11 is 0. The number of hydrogen-bond acceptors (Lipinski definition) is 4. The number of alkyl carbamates (subject to hydrolysis) is 1. The van der Waals surface area contributed by atoms with Crippen LogP contribution in [0.25, 0.3) is 11.1 Å². The number of amides is 2. The van der Waals surface area contributed by atoms with Crippen molar-refractivity contribution in [3.05, 3.63) is 59.7 Å². The Labute approximate surface area is 206 Å². The summed E-state index contributed by atoms with van der Waals surface area (Å²) in [5.74, 6) is -0.978. The van der Waals surface area contributed by atoms with Crippen LogP contribution in [0.2, 0.25) is 0 Å². The fourth-order valence-electron chi connectivity index (χ4n) is 4.93. The monoisotopic (exact) mass is 478 g/mol. The second-order valence-electron chi connectivity index (χ2n) is 9.46. The van der Waals surface area contributed by atoms with E-state index in [-0.39, 0.29) is 17.9 Å². The molecule has 0 heterocycles. The molecule has 7 nitrogen and oxygen atoms in total. The molecular weight excluding hydrogens is 444 g/mol. The van der Waals surface area contributed by atoms with Gasteiger partial charge in [0.25, 0.3) is 0 Å². The SMILES string of the molecule is CC(C(=O)O)N(C(=O)CCCCCCNC(=O)OCC1c2ccccc2-c2ccccc21)C1CC1. The number of nitrogens with one attached hydrogen (secondary N) is 1. The highest BCUT2D eigenvalue weighted by molar-refractivity contribution is 5.84.